The molecule has 0 bridgehead atoms. The van der Waals surface area contributed by atoms with E-state index in [1.165, 1.54) is 32.4 Å². The zero-order chi connectivity index (χ0) is 18.7. The number of phenols is 1. The van der Waals surface area contributed by atoms with Crippen molar-refractivity contribution < 1.29 is 9.90 Å². The molecule has 5 nitrogen and oxygen atoms in total. The van der Waals surface area contributed by atoms with Crippen LogP contribution < -0.4 is 5.73 Å². The van der Waals surface area contributed by atoms with E-state index in [1.807, 2.05) is 17.0 Å². The number of carbonyl (C=O) groups excluding carboxylic acids is 1. The number of hydrogen-bond acceptors (Lipinski definition) is 4. The average Bonchev–Trinajstić information content (AvgIpc) is 2.66. The standard InChI is InChI=1S/C19H27Br2N3O2/c20-15-10-13(11-16(21)18(15)25)12-17(22)19(26)24-8-4-14(5-9-24)23-6-2-1-3-7-23/h10-11,14,17,25H,1-9,12,22H2/t17-/m0/s1. The lowest BCUT2D eigenvalue weighted by molar-refractivity contribution is -0.134. The van der Waals surface area contributed by atoms with Gasteiger partial charge in [0.05, 0.1) is 15.0 Å². The molecule has 0 unspecified atom stereocenters. The third-order valence-corrected chi connectivity index (χ3v) is 6.74. The summed E-state index contributed by atoms with van der Waals surface area (Å²) in [6, 6.07) is 3.70. The Kier molecular flexibility index (Phi) is 6.99. The van der Waals surface area contributed by atoms with Gasteiger partial charge in [-0.15, -0.1) is 0 Å². The maximum Gasteiger partial charge on any atom is 0.239 e. The summed E-state index contributed by atoms with van der Waals surface area (Å²) in [5, 5.41) is 9.81. The summed E-state index contributed by atoms with van der Waals surface area (Å²) in [4.78, 5) is 17.3. The fourth-order valence-electron chi connectivity index (χ4n) is 4.05. The zero-order valence-corrected chi connectivity index (χ0v) is 18.1. The molecule has 0 aromatic heterocycles. The summed E-state index contributed by atoms with van der Waals surface area (Å²) >= 11 is 6.65. The van der Waals surface area contributed by atoms with Gasteiger partial charge in [0.1, 0.15) is 5.75 Å². The molecule has 0 saturated carbocycles. The molecule has 1 atom stereocenters. The quantitative estimate of drug-likeness (QED) is 0.682. The van der Waals surface area contributed by atoms with Crippen LogP contribution in [-0.2, 0) is 11.2 Å². The topological polar surface area (TPSA) is 69.8 Å². The highest BCUT2D eigenvalue weighted by Crippen LogP contribution is 2.33. The third-order valence-electron chi connectivity index (χ3n) is 5.53. The van der Waals surface area contributed by atoms with Crippen molar-refractivity contribution in [2.24, 2.45) is 5.73 Å². The van der Waals surface area contributed by atoms with Crippen LogP contribution in [0.25, 0.3) is 0 Å². The van der Waals surface area contributed by atoms with Crippen molar-refractivity contribution in [2.75, 3.05) is 26.2 Å². The first-order valence-electron chi connectivity index (χ1n) is 9.41. The van der Waals surface area contributed by atoms with E-state index in [4.69, 9.17) is 5.73 Å². The fraction of sp³-hybridized carbons (Fsp3) is 0.632. The lowest BCUT2D eigenvalue weighted by atomic mass is 9.98. The molecule has 3 rings (SSSR count). The number of rotatable bonds is 4. The first-order chi connectivity index (χ1) is 12.5. The second-order valence-corrected chi connectivity index (χ2v) is 9.08. The number of aromatic hydroxyl groups is 1. The number of benzene rings is 1. The summed E-state index contributed by atoms with van der Waals surface area (Å²) in [6.45, 7) is 4.03. The van der Waals surface area contributed by atoms with E-state index in [0.29, 0.717) is 21.4 Å². The van der Waals surface area contributed by atoms with Gasteiger partial charge in [0.15, 0.2) is 0 Å². The Hall–Kier alpha value is -0.630. The number of halogens is 2. The van der Waals surface area contributed by atoms with E-state index in [1.54, 1.807) is 0 Å². The average molecular weight is 489 g/mol. The van der Waals surface area contributed by atoms with Crippen molar-refractivity contribution in [1.29, 1.82) is 0 Å². The summed E-state index contributed by atoms with van der Waals surface area (Å²) in [7, 11) is 0. The first-order valence-corrected chi connectivity index (χ1v) is 11.0. The van der Waals surface area contributed by atoms with Crippen LogP contribution >= 0.6 is 31.9 Å². The second kappa shape index (κ2) is 9.04. The van der Waals surface area contributed by atoms with Crippen LogP contribution in [0.5, 0.6) is 5.75 Å². The van der Waals surface area contributed by atoms with Crippen LogP contribution in [0.3, 0.4) is 0 Å². The third kappa shape index (κ3) is 4.80. The predicted octanol–water partition coefficient (Wildman–Crippen LogP) is 3.26. The summed E-state index contributed by atoms with van der Waals surface area (Å²) < 4.78 is 1.20. The van der Waals surface area contributed by atoms with Crippen molar-refractivity contribution >= 4 is 37.8 Å². The van der Waals surface area contributed by atoms with Crippen LogP contribution in [0.1, 0.15) is 37.7 Å². The van der Waals surface area contributed by atoms with Gasteiger partial charge in [-0.25, -0.2) is 0 Å². The lowest BCUT2D eigenvalue weighted by Gasteiger charge is -2.40. The van der Waals surface area contributed by atoms with E-state index in [0.717, 1.165) is 31.5 Å². The van der Waals surface area contributed by atoms with Crippen LogP contribution in [-0.4, -0.2) is 59.1 Å². The Bertz CT molecular complexity index is 619. The van der Waals surface area contributed by atoms with Crippen LogP contribution in [0.4, 0.5) is 0 Å². The number of phenolic OH excluding ortho intramolecular Hbond substituents is 1. The molecular formula is C19H27Br2N3O2. The highest BCUT2D eigenvalue weighted by atomic mass is 79.9. The van der Waals surface area contributed by atoms with Crippen LogP contribution in [0.15, 0.2) is 21.1 Å². The molecule has 2 saturated heterocycles. The van der Waals surface area contributed by atoms with Gasteiger partial charge in [-0.05, 0) is 94.7 Å². The van der Waals surface area contributed by atoms with Gasteiger partial charge in [0.25, 0.3) is 0 Å². The van der Waals surface area contributed by atoms with Crippen molar-refractivity contribution in [3.05, 3.63) is 26.6 Å². The Balaban J connectivity index is 1.53. The fourth-order valence-corrected chi connectivity index (χ4v) is 5.33. The van der Waals surface area contributed by atoms with Gasteiger partial charge in [-0.3, -0.25) is 4.79 Å². The first kappa shape index (κ1) is 20.1. The molecule has 1 aromatic carbocycles. The van der Waals surface area contributed by atoms with Gasteiger partial charge in [0.2, 0.25) is 5.91 Å². The number of piperidine rings is 2. The molecule has 144 valence electrons. The van der Waals surface area contributed by atoms with E-state index in [-0.39, 0.29) is 11.7 Å². The smallest absolute Gasteiger partial charge is 0.239 e. The minimum atomic E-state index is -0.551. The molecule has 2 heterocycles. The zero-order valence-electron chi connectivity index (χ0n) is 15.0. The lowest BCUT2D eigenvalue weighted by Crippen LogP contribution is -2.52. The predicted molar refractivity (Wildman–Crippen MR) is 110 cm³/mol. The highest BCUT2D eigenvalue weighted by Gasteiger charge is 2.29. The number of nitrogens with zero attached hydrogens (tertiary/aromatic N) is 2. The number of carbonyl (C=O) groups is 1. The molecule has 2 aliphatic rings. The molecule has 0 aliphatic carbocycles. The summed E-state index contributed by atoms with van der Waals surface area (Å²) in [5.41, 5.74) is 7.12. The minimum absolute atomic E-state index is 0.0300. The van der Waals surface area contributed by atoms with E-state index < -0.39 is 6.04 Å². The van der Waals surface area contributed by atoms with Crippen molar-refractivity contribution in [3.8, 4) is 5.75 Å². The number of hydrogen-bond donors (Lipinski definition) is 2. The van der Waals surface area contributed by atoms with Crippen molar-refractivity contribution in [2.45, 2.75) is 50.6 Å². The molecular weight excluding hydrogens is 462 g/mol. The molecule has 2 aliphatic heterocycles. The second-order valence-electron chi connectivity index (χ2n) is 7.37. The Labute approximate surface area is 172 Å². The maximum atomic E-state index is 12.7. The van der Waals surface area contributed by atoms with Crippen molar-refractivity contribution in [3.63, 3.8) is 0 Å². The number of likely N-dealkylation sites (tertiary alicyclic amines) is 2. The van der Waals surface area contributed by atoms with Crippen molar-refractivity contribution in [1.82, 2.24) is 9.80 Å². The van der Waals surface area contributed by atoms with Crippen LogP contribution in [0.2, 0.25) is 0 Å². The molecule has 0 spiro atoms. The Morgan fingerprint density at radius 3 is 2.27 bits per heavy atom. The minimum Gasteiger partial charge on any atom is -0.506 e. The van der Waals surface area contributed by atoms with Gasteiger partial charge >= 0.3 is 0 Å². The molecule has 0 radical (unpaired) electrons. The molecule has 1 amide bonds. The monoisotopic (exact) mass is 487 g/mol. The molecule has 7 heteroatoms. The molecule has 1 aromatic rings. The summed E-state index contributed by atoms with van der Waals surface area (Å²) in [6.07, 6.45) is 6.53. The largest absolute Gasteiger partial charge is 0.506 e. The highest BCUT2D eigenvalue weighted by molar-refractivity contribution is 9.11. The summed E-state index contributed by atoms with van der Waals surface area (Å²) in [5.74, 6) is 0.191. The van der Waals surface area contributed by atoms with E-state index >= 15 is 0 Å². The van der Waals surface area contributed by atoms with Gasteiger partial charge < -0.3 is 20.6 Å². The van der Waals surface area contributed by atoms with E-state index in [9.17, 15) is 9.90 Å². The maximum absolute atomic E-state index is 12.7. The molecule has 2 fully saturated rings. The molecule has 3 N–H and O–H groups in total. The Morgan fingerprint density at radius 2 is 1.69 bits per heavy atom. The van der Waals surface area contributed by atoms with E-state index in [2.05, 4.69) is 36.8 Å². The molecule has 26 heavy (non-hydrogen) atoms. The Morgan fingerprint density at radius 1 is 1.12 bits per heavy atom. The normalized spacial score (nSPS) is 21.0. The van der Waals surface area contributed by atoms with Gasteiger partial charge in [0, 0.05) is 19.1 Å². The van der Waals surface area contributed by atoms with Gasteiger partial charge in [-0.2, -0.15) is 0 Å². The van der Waals surface area contributed by atoms with Crippen LogP contribution in [0, 0.1) is 0 Å². The number of nitrogens with two attached hydrogens (primary N) is 1. The van der Waals surface area contributed by atoms with Gasteiger partial charge in [-0.1, -0.05) is 6.42 Å². The SMILES string of the molecule is N[C@@H](Cc1cc(Br)c(O)c(Br)c1)C(=O)N1CCC(N2CCCCC2)CC1. The number of amides is 1.